The van der Waals surface area contributed by atoms with Crippen LogP contribution < -0.4 is 0 Å². The summed E-state index contributed by atoms with van der Waals surface area (Å²) >= 11 is 0. The first-order valence-electron chi connectivity index (χ1n) is 11.3. The van der Waals surface area contributed by atoms with Gasteiger partial charge in [-0.25, -0.2) is 0 Å². The first-order chi connectivity index (χ1) is 14.6. The second-order valence-corrected chi connectivity index (χ2v) is 8.89. The number of allylic oxidation sites excluding steroid dienone is 3. The summed E-state index contributed by atoms with van der Waals surface area (Å²) in [5.41, 5.74) is 5.23. The normalized spacial score (nSPS) is 24.8. The third-order valence-corrected chi connectivity index (χ3v) is 6.77. The predicted octanol–water partition coefficient (Wildman–Crippen LogP) is 5.55. The number of carbonyl (C=O) groups excluding carboxylic acids is 2. The van der Waals surface area contributed by atoms with Crippen LogP contribution in [0.25, 0.3) is 0 Å². The lowest BCUT2D eigenvalue weighted by molar-refractivity contribution is -0.142. The molecule has 1 fully saturated rings. The van der Waals surface area contributed by atoms with Gasteiger partial charge in [-0.1, -0.05) is 35.8 Å². The quantitative estimate of drug-likeness (QED) is 0.463. The molecule has 2 atom stereocenters. The third kappa shape index (κ3) is 4.43. The van der Waals surface area contributed by atoms with Crippen LogP contribution in [0.15, 0.2) is 53.1 Å². The minimum Gasteiger partial charge on any atom is -0.466 e. The van der Waals surface area contributed by atoms with Crippen molar-refractivity contribution in [1.29, 1.82) is 0 Å². The number of esters is 1. The van der Waals surface area contributed by atoms with E-state index in [0.717, 1.165) is 44.1 Å². The van der Waals surface area contributed by atoms with Gasteiger partial charge >= 0.3 is 5.97 Å². The minimum absolute atomic E-state index is 0.0394. The van der Waals surface area contributed by atoms with Crippen molar-refractivity contribution in [3.05, 3.63) is 58.7 Å². The molecule has 3 aliphatic rings. The average Bonchev–Trinajstić information content (AvgIpc) is 3.38. The number of rotatable bonds is 6. The van der Waals surface area contributed by atoms with Crippen LogP contribution in [0, 0.1) is 23.2 Å². The summed E-state index contributed by atoms with van der Waals surface area (Å²) in [6.07, 6.45) is 11.0. The molecule has 3 heteroatoms. The molecule has 0 heterocycles. The first-order valence-corrected chi connectivity index (χ1v) is 11.3. The van der Waals surface area contributed by atoms with Gasteiger partial charge < -0.3 is 4.74 Å². The topological polar surface area (TPSA) is 43.4 Å². The van der Waals surface area contributed by atoms with Gasteiger partial charge in [0.05, 0.1) is 13.0 Å². The van der Waals surface area contributed by atoms with E-state index in [2.05, 4.69) is 17.9 Å². The average molecular weight is 403 g/mol. The monoisotopic (exact) mass is 402 g/mol. The molecule has 1 aromatic rings. The van der Waals surface area contributed by atoms with Gasteiger partial charge in [0.1, 0.15) is 0 Å². The maximum atomic E-state index is 12.5. The lowest BCUT2D eigenvalue weighted by Crippen LogP contribution is -2.33. The summed E-state index contributed by atoms with van der Waals surface area (Å²) in [6, 6.07) is 9.68. The Morgan fingerprint density at radius 1 is 1.23 bits per heavy atom. The smallest absolute Gasteiger partial charge is 0.309 e. The highest BCUT2D eigenvalue weighted by atomic mass is 16.5. The maximum Gasteiger partial charge on any atom is 0.309 e. The standard InChI is InChI=1S/C27H30O3/c1-2-30-25(29)17-23-19-27(26(23)22-10-6-7-11-22)15-14-21(18-27)16-24(28)13-12-20-8-4-3-5-9-20/h3-5,8-10,21H,2,6-7,11,14-19H2,1H3. The molecule has 0 N–H and O–H groups in total. The molecule has 3 nitrogen and oxygen atoms in total. The van der Waals surface area contributed by atoms with E-state index in [1.807, 2.05) is 37.3 Å². The number of carbonyl (C=O) groups is 2. The third-order valence-electron chi connectivity index (χ3n) is 6.77. The molecule has 0 aromatic heterocycles. The lowest BCUT2D eigenvalue weighted by Gasteiger charge is -2.45. The number of benzene rings is 1. The Labute approximate surface area is 179 Å². The van der Waals surface area contributed by atoms with Crippen molar-refractivity contribution in [2.75, 3.05) is 6.61 Å². The van der Waals surface area contributed by atoms with Crippen LogP contribution in [-0.2, 0) is 14.3 Å². The van der Waals surface area contributed by atoms with Crippen LogP contribution in [0.4, 0.5) is 0 Å². The summed E-state index contributed by atoms with van der Waals surface area (Å²) in [5, 5.41) is 0. The van der Waals surface area contributed by atoms with Gasteiger partial charge in [-0.2, -0.15) is 0 Å². The second kappa shape index (κ2) is 9.04. The van der Waals surface area contributed by atoms with E-state index in [1.165, 1.54) is 23.1 Å². The molecule has 2 unspecified atom stereocenters. The van der Waals surface area contributed by atoms with Gasteiger partial charge in [-0.15, -0.1) is 0 Å². The second-order valence-electron chi connectivity index (χ2n) is 8.89. The number of hydrogen-bond donors (Lipinski definition) is 0. The highest BCUT2D eigenvalue weighted by Gasteiger charge is 2.50. The first kappa shape index (κ1) is 20.7. The molecule has 0 radical (unpaired) electrons. The number of ketones is 1. The van der Waals surface area contributed by atoms with E-state index in [4.69, 9.17) is 4.74 Å². The van der Waals surface area contributed by atoms with Crippen LogP contribution in [0.5, 0.6) is 0 Å². The Kier molecular flexibility index (Phi) is 6.23. The van der Waals surface area contributed by atoms with Crippen molar-refractivity contribution >= 4 is 11.8 Å². The summed E-state index contributed by atoms with van der Waals surface area (Å²) in [6.45, 7) is 2.29. The fraction of sp³-hybridized carbons (Fsp3) is 0.481. The zero-order chi connectivity index (χ0) is 21.0. The maximum absolute atomic E-state index is 12.5. The highest BCUT2D eigenvalue weighted by Crippen LogP contribution is 2.62. The molecule has 3 aliphatic carbocycles. The van der Waals surface area contributed by atoms with Crippen molar-refractivity contribution in [3.63, 3.8) is 0 Å². The van der Waals surface area contributed by atoms with Gasteiger partial charge in [0.15, 0.2) is 0 Å². The van der Waals surface area contributed by atoms with Gasteiger partial charge in [0, 0.05) is 12.0 Å². The Hall–Kier alpha value is -2.60. The number of hydrogen-bond acceptors (Lipinski definition) is 3. The van der Waals surface area contributed by atoms with Crippen molar-refractivity contribution in [2.24, 2.45) is 11.3 Å². The molecular formula is C27H30O3. The zero-order valence-corrected chi connectivity index (χ0v) is 17.8. The van der Waals surface area contributed by atoms with Gasteiger partial charge in [-0.05, 0) is 92.4 Å². The predicted molar refractivity (Wildman–Crippen MR) is 118 cm³/mol. The molecular weight excluding hydrogens is 372 g/mol. The SMILES string of the molecule is CCOC(=O)CC1=C(C2=CCCC2)C2(CCC(CC(=O)C#Cc3ccccc3)C2)C1. The fourth-order valence-corrected chi connectivity index (χ4v) is 5.63. The van der Waals surface area contributed by atoms with Crippen molar-refractivity contribution in [1.82, 2.24) is 0 Å². The van der Waals surface area contributed by atoms with Gasteiger partial charge in [-0.3, -0.25) is 9.59 Å². The Balaban J connectivity index is 1.43. The fourth-order valence-electron chi connectivity index (χ4n) is 5.63. The molecule has 0 amide bonds. The van der Waals surface area contributed by atoms with E-state index in [9.17, 15) is 9.59 Å². The summed E-state index contributed by atoms with van der Waals surface area (Å²) < 4.78 is 5.19. The Bertz CT molecular complexity index is 941. The summed E-state index contributed by atoms with van der Waals surface area (Å²) in [4.78, 5) is 24.5. The van der Waals surface area contributed by atoms with Crippen LogP contribution in [0.3, 0.4) is 0 Å². The molecule has 4 rings (SSSR count). The van der Waals surface area contributed by atoms with Gasteiger partial charge in [0.2, 0.25) is 5.78 Å². The molecule has 1 spiro atoms. The van der Waals surface area contributed by atoms with Crippen molar-refractivity contribution in [2.45, 2.75) is 64.7 Å². The summed E-state index contributed by atoms with van der Waals surface area (Å²) in [7, 11) is 0. The van der Waals surface area contributed by atoms with E-state index in [0.29, 0.717) is 25.4 Å². The van der Waals surface area contributed by atoms with E-state index in [1.54, 1.807) is 0 Å². The van der Waals surface area contributed by atoms with Crippen molar-refractivity contribution < 1.29 is 14.3 Å². The summed E-state index contributed by atoms with van der Waals surface area (Å²) in [5.74, 6) is 6.14. The van der Waals surface area contributed by atoms with Crippen LogP contribution >= 0.6 is 0 Å². The molecule has 0 saturated heterocycles. The molecule has 1 aromatic carbocycles. The molecule has 0 bridgehead atoms. The minimum atomic E-state index is -0.112. The number of ether oxygens (including phenoxy) is 1. The largest absolute Gasteiger partial charge is 0.466 e. The Morgan fingerprint density at radius 3 is 2.80 bits per heavy atom. The molecule has 1 saturated carbocycles. The highest BCUT2D eigenvalue weighted by molar-refractivity contribution is 5.96. The molecule has 0 aliphatic heterocycles. The molecule has 30 heavy (non-hydrogen) atoms. The van der Waals surface area contributed by atoms with E-state index < -0.39 is 0 Å². The Morgan fingerprint density at radius 2 is 2.07 bits per heavy atom. The van der Waals surface area contributed by atoms with Crippen LogP contribution in [0.2, 0.25) is 0 Å². The number of Topliss-reactive ketones (excluding diaryl/α,β-unsaturated/α-hetero) is 1. The van der Waals surface area contributed by atoms with E-state index >= 15 is 0 Å². The van der Waals surface area contributed by atoms with E-state index in [-0.39, 0.29) is 17.2 Å². The molecule has 156 valence electrons. The zero-order valence-electron chi connectivity index (χ0n) is 17.8. The van der Waals surface area contributed by atoms with Gasteiger partial charge in [0.25, 0.3) is 0 Å². The lowest BCUT2D eigenvalue weighted by atomic mass is 9.59. The van der Waals surface area contributed by atoms with Crippen LogP contribution in [-0.4, -0.2) is 18.4 Å². The van der Waals surface area contributed by atoms with Crippen LogP contribution in [0.1, 0.15) is 70.3 Å². The van der Waals surface area contributed by atoms with Crippen molar-refractivity contribution in [3.8, 4) is 11.8 Å².